The van der Waals surface area contributed by atoms with Crippen LogP contribution in [0.1, 0.15) is 30.4 Å². The third-order valence-corrected chi connectivity index (χ3v) is 5.66. The topological polar surface area (TPSA) is 36.4 Å². The summed E-state index contributed by atoms with van der Waals surface area (Å²) < 4.78 is 38.7. The average molecular weight is 389 g/mol. The van der Waals surface area contributed by atoms with Gasteiger partial charge in [0, 0.05) is 37.9 Å². The van der Waals surface area contributed by atoms with Crippen LogP contribution in [0, 0.1) is 5.92 Å². The Labute approximate surface area is 162 Å². The van der Waals surface area contributed by atoms with Crippen molar-refractivity contribution in [2.45, 2.75) is 31.9 Å². The minimum Gasteiger partial charge on any atom is -0.357 e. The first-order valence-corrected chi connectivity index (χ1v) is 9.58. The van der Waals surface area contributed by atoms with Crippen LogP contribution in [0.5, 0.6) is 0 Å². The lowest BCUT2D eigenvalue weighted by Gasteiger charge is -2.33. The van der Waals surface area contributed by atoms with Crippen molar-refractivity contribution in [1.82, 2.24) is 4.98 Å². The molecule has 0 bridgehead atoms. The SMILES string of the molecule is O=C(CC1CCN(c2cc(C(F)(F)F)ccn2)CC1)N1CCc2ccccc21. The summed E-state index contributed by atoms with van der Waals surface area (Å²) in [7, 11) is 0. The van der Waals surface area contributed by atoms with Crippen LogP contribution in [0.3, 0.4) is 0 Å². The number of amides is 1. The Hall–Kier alpha value is -2.57. The molecule has 2 aromatic rings. The van der Waals surface area contributed by atoms with E-state index in [9.17, 15) is 18.0 Å². The summed E-state index contributed by atoms with van der Waals surface area (Å²) in [6.07, 6.45) is -0.231. The number of hydrogen-bond acceptors (Lipinski definition) is 3. The number of fused-ring (bicyclic) bond motifs is 1. The van der Waals surface area contributed by atoms with E-state index in [0.29, 0.717) is 25.3 Å². The summed E-state index contributed by atoms with van der Waals surface area (Å²) in [5, 5.41) is 0. The molecule has 1 amide bonds. The van der Waals surface area contributed by atoms with Gasteiger partial charge in [0.2, 0.25) is 5.91 Å². The molecule has 0 aliphatic carbocycles. The van der Waals surface area contributed by atoms with Gasteiger partial charge in [-0.15, -0.1) is 0 Å². The molecular weight excluding hydrogens is 367 g/mol. The summed E-state index contributed by atoms with van der Waals surface area (Å²) in [5.74, 6) is 0.746. The maximum Gasteiger partial charge on any atom is 0.416 e. The maximum atomic E-state index is 12.9. The van der Waals surface area contributed by atoms with Crippen LogP contribution in [0.2, 0.25) is 0 Å². The number of carbonyl (C=O) groups is 1. The molecule has 28 heavy (non-hydrogen) atoms. The zero-order chi connectivity index (χ0) is 19.7. The van der Waals surface area contributed by atoms with Crippen LogP contribution >= 0.6 is 0 Å². The third-order valence-electron chi connectivity index (χ3n) is 5.66. The third kappa shape index (κ3) is 3.84. The van der Waals surface area contributed by atoms with Crippen molar-refractivity contribution in [3.8, 4) is 0 Å². The summed E-state index contributed by atoms with van der Waals surface area (Å²) in [6.45, 7) is 1.96. The largest absolute Gasteiger partial charge is 0.416 e. The second kappa shape index (κ2) is 7.45. The first-order chi connectivity index (χ1) is 13.4. The van der Waals surface area contributed by atoms with E-state index in [-0.39, 0.29) is 11.8 Å². The number of para-hydroxylation sites is 1. The summed E-state index contributed by atoms with van der Waals surface area (Å²) in [5.41, 5.74) is 1.54. The van der Waals surface area contributed by atoms with Crippen molar-refractivity contribution in [3.63, 3.8) is 0 Å². The maximum absolute atomic E-state index is 12.9. The second-order valence-corrected chi connectivity index (χ2v) is 7.46. The Morgan fingerprint density at radius 2 is 1.86 bits per heavy atom. The van der Waals surface area contributed by atoms with Gasteiger partial charge < -0.3 is 9.80 Å². The van der Waals surface area contributed by atoms with E-state index < -0.39 is 11.7 Å². The number of hydrogen-bond donors (Lipinski definition) is 0. The van der Waals surface area contributed by atoms with Gasteiger partial charge in [0.1, 0.15) is 5.82 Å². The quantitative estimate of drug-likeness (QED) is 0.786. The fraction of sp³-hybridized carbons (Fsp3) is 0.429. The monoisotopic (exact) mass is 389 g/mol. The van der Waals surface area contributed by atoms with Crippen LogP contribution in [0.4, 0.5) is 24.7 Å². The normalized spacial score (nSPS) is 17.7. The molecule has 4 rings (SSSR count). The van der Waals surface area contributed by atoms with E-state index >= 15 is 0 Å². The van der Waals surface area contributed by atoms with Gasteiger partial charge in [-0.2, -0.15) is 13.2 Å². The van der Waals surface area contributed by atoms with E-state index in [1.807, 2.05) is 28.0 Å². The lowest BCUT2D eigenvalue weighted by atomic mass is 9.93. The van der Waals surface area contributed by atoms with Crippen LogP contribution < -0.4 is 9.80 Å². The number of pyridine rings is 1. The van der Waals surface area contributed by atoms with Gasteiger partial charge in [0.05, 0.1) is 5.56 Å². The fourth-order valence-corrected chi connectivity index (χ4v) is 4.09. The van der Waals surface area contributed by atoms with Gasteiger partial charge in [-0.25, -0.2) is 4.98 Å². The fourth-order valence-electron chi connectivity index (χ4n) is 4.09. The zero-order valence-electron chi connectivity index (χ0n) is 15.5. The number of nitrogens with zero attached hydrogens (tertiary/aromatic N) is 3. The van der Waals surface area contributed by atoms with Crippen LogP contribution in [0.15, 0.2) is 42.6 Å². The van der Waals surface area contributed by atoms with E-state index in [2.05, 4.69) is 11.1 Å². The van der Waals surface area contributed by atoms with Gasteiger partial charge in [0.25, 0.3) is 0 Å². The molecule has 1 saturated heterocycles. The number of anilines is 2. The summed E-state index contributed by atoms with van der Waals surface area (Å²) in [6, 6.07) is 10.1. The lowest BCUT2D eigenvalue weighted by Crippen LogP contribution is -2.37. The molecule has 0 unspecified atom stereocenters. The van der Waals surface area contributed by atoms with Gasteiger partial charge in [-0.05, 0) is 48.9 Å². The molecule has 1 aromatic heterocycles. The second-order valence-electron chi connectivity index (χ2n) is 7.46. The van der Waals surface area contributed by atoms with E-state index in [4.69, 9.17) is 0 Å². The summed E-state index contributed by atoms with van der Waals surface area (Å²) >= 11 is 0. The predicted octanol–water partition coefficient (Wildman–Crippen LogP) is 4.30. The van der Waals surface area contributed by atoms with Gasteiger partial charge in [-0.1, -0.05) is 18.2 Å². The zero-order valence-corrected chi connectivity index (χ0v) is 15.5. The van der Waals surface area contributed by atoms with Crippen molar-refractivity contribution in [2.75, 3.05) is 29.4 Å². The van der Waals surface area contributed by atoms with Gasteiger partial charge in [0.15, 0.2) is 0 Å². The lowest BCUT2D eigenvalue weighted by molar-refractivity contribution is -0.137. The Balaban J connectivity index is 1.34. The van der Waals surface area contributed by atoms with Crippen LogP contribution in [-0.4, -0.2) is 30.5 Å². The molecule has 3 heterocycles. The minimum absolute atomic E-state index is 0.139. The number of alkyl halides is 3. The van der Waals surface area contributed by atoms with Crippen molar-refractivity contribution in [2.24, 2.45) is 5.92 Å². The Kier molecular flexibility index (Phi) is 5.00. The molecule has 0 N–H and O–H groups in total. The number of piperidine rings is 1. The molecule has 2 aliphatic heterocycles. The highest BCUT2D eigenvalue weighted by Gasteiger charge is 2.32. The molecule has 0 spiro atoms. The number of aromatic nitrogens is 1. The van der Waals surface area contributed by atoms with Crippen molar-refractivity contribution >= 4 is 17.4 Å². The van der Waals surface area contributed by atoms with E-state index in [1.54, 1.807) is 0 Å². The molecule has 0 atom stereocenters. The highest BCUT2D eigenvalue weighted by Crippen LogP contribution is 2.33. The molecule has 0 radical (unpaired) electrons. The highest BCUT2D eigenvalue weighted by atomic mass is 19.4. The molecule has 4 nitrogen and oxygen atoms in total. The van der Waals surface area contributed by atoms with Crippen molar-refractivity contribution in [1.29, 1.82) is 0 Å². The standard InChI is InChI=1S/C21H22F3N3O/c22-21(23,24)17-5-9-25-19(14-17)26-10-6-15(7-11-26)13-20(28)27-12-8-16-3-1-2-4-18(16)27/h1-5,9,14-15H,6-8,10-13H2. The highest BCUT2D eigenvalue weighted by molar-refractivity contribution is 5.95. The number of halogens is 3. The number of benzene rings is 1. The van der Waals surface area contributed by atoms with E-state index in [0.717, 1.165) is 43.6 Å². The molecule has 1 aromatic carbocycles. The molecule has 148 valence electrons. The molecule has 1 fully saturated rings. The smallest absolute Gasteiger partial charge is 0.357 e. The van der Waals surface area contributed by atoms with Gasteiger partial charge >= 0.3 is 6.18 Å². The van der Waals surface area contributed by atoms with Crippen molar-refractivity contribution < 1.29 is 18.0 Å². The van der Waals surface area contributed by atoms with Crippen LogP contribution in [0.25, 0.3) is 0 Å². The van der Waals surface area contributed by atoms with E-state index in [1.165, 1.54) is 11.8 Å². The minimum atomic E-state index is -4.37. The molecule has 0 saturated carbocycles. The number of carbonyl (C=O) groups excluding carboxylic acids is 1. The van der Waals surface area contributed by atoms with Gasteiger partial charge in [-0.3, -0.25) is 4.79 Å². The Morgan fingerprint density at radius 3 is 2.61 bits per heavy atom. The first kappa shape index (κ1) is 18.8. The predicted molar refractivity (Wildman–Crippen MR) is 101 cm³/mol. The molecular formula is C21H22F3N3O. The van der Waals surface area contributed by atoms with Crippen molar-refractivity contribution in [3.05, 3.63) is 53.7 Å². The Morgan fingerprint density at radius 1 is 1.11 bits per heavy atom. The molecule has 7 heteroatoms. The average Bonchev–Trinajstić information content (AvgIpc) is 3.12. The number of rotatable bonds is 3. The van der Waals surface area contributed by atoms with Crippen LogP contribution in [-0.2, 0) is 17.4 Å². The molecule has 2 aliphatic rings. The summed E-state index contributed by atoms with van der Waals surface area (Å²) in [4.78, 5) is 20.6. The Bertz CT molecular complexity index is 860. The first-order valence-electron chi connectivity index (χ1n) is 9.58.